The SMILES string of the molecule is N#Cc1ccc(OC2CCC(N3C(=O)CC[C@@H](N4C(=O)c5c(ccc(N6CCN(CC7CCN(c8ccc(C(N)=O)nn8)CC7)CC6)c5F)[C@H]4S)C3=O)CC2)cc1Cl. The molecule has 2 aromatic carbocycles. The van der Waals surface area contributed by atoms with Crippen LogP contribution in [-0.4, -0.2) is 113 Å². The van der Waals surface area contributed by atoms with E-state index in [1.807, 2.05) is 11.0 Å². The van der Waals surface area contributed by atoms with Gasteiger partial charge >= 0.3 is 0 Å². The number of nitrogens with two attached hydrogens (primary N) is 1. The van der Waals surface area contributed by atoms with Gasteiger partial charge in [0.05, 0.1) is 27.9 Å². The summed E-state index contributed by atoms with van der Waals surface area (Å²) in [6.07, 6.45) is 4.34. The highest BCUT2D eigenvalue weighted by Gasteiger charge is 2.49. The van der Waals surface area contributed by atoms with Crippen LogP contribution in [0.25, 0.3) is 0 Å². The predicted octanol–water partition coefficient (Wildman–Crippen LogP) is 4.57. The van der Waals surface area contributed by atoms with E-state index in [1.165, 1.54) is 9.80 Å². The molecular weight excluding hydrogens is 785 g/mol. The van der Waals surface area contributed by atoms with Gasteiger partial charge in [0.2, 0.25) is 5.91 Å². The van der Waals surface area contributed by atoms with Gasteiger partial charge in [-0.15, -0.1) is 22.8 Å². The van der Waals surface area contributed by atoms with Gasteiger partial charge in [-0.2, -0.15) is 5.26 Å². The minimum atomic E-state index is -0.941. The summed E-state index contributed by atoms with van der Waals surface area (Å²) >= 11 is 10.9. The lowest BCUT2D eigenvalue weighted by molar-refractivity contribution is -0.156. The van der Waals surface area contributed by atoms with Crippen molar-refractivity contribution >= 4 is 59.4 Å². The van der Waals surface area contributed by atoms with E-state index < -0.39 is 35.0 Å². The third kappa shape index (κ3) is 7.79. The van der Waals surface area contributed by atoms with Crippen LogP contribution in [0.3, 0.4) is 0 Å². The molecule has 0 radical (unpaired) electrons. The number of nitrogens with zero attached hydrogens (tertiary/aromatic N) is 8. The summed E-state index contributed by atoms with van der Waals surface area (Å²) in [6.45, 7) is 5.32. The molecule has 3 aromatic rings. The number of carbonyl (C=O) groups is 4. The molecule has 4 fully saturated rings. The Morgan fingerprint density at radius 2 is 1.67 bits per heavy atom. The first-order valence-corrected chi connectivity index (χ1v) is 20.8. The molecule has 8 rings (SSSR count). The Morgan fingerprint density at radius 1 is 0.931 bits per heavy atom. The first-order chi connectivity index (χ1) is 28.0. The number of piperidine rings is 2. The normalized spacial score (nSPS) is 24.6. The molecule has 4 amide bonds. The molecule has 5 heterocycles. The molecular formula is C41H45ClFN9O5S. The highest BCUT2D eigenvalue weighted by atomic mass is 35.5. The average Bonchev–Trinajstić information content (AvgIpc) is 3.48. The minimum absolute atomic E-state index is 0.0579. The number of amides is 4. The molecule has 1 aromatic heterocycles. The third-order valence-corrected chi connectivity index (χ3v) is 13.2. The van der Waals surface area contributed by atoms with Gasteiger partial charge in [0.25, 0.3) is 17.7 Å². The molecule has 1 saturated carbocycles. The van der Waals surface area contributed by atoms with Crippen LogP contribution in [0.1, 0.15) is 88.7 Å². The van der Waals surface area contributed by atoms with Crippen LogP contribution >= 0.6 is 24.2 Å². The molecule has 0 spiro atoms. The Balaban J connectivity index is 0.854. The van der Waals surface area contributed by atoms with Gasteiger partial charge in [-0.1, -0.05) is 17.7 Å². The number of piperazine rings is 1. The second-order valence-corrected chi connectivity index (χ2v) is 16.7. The summed E-state index contributed by atoms with van der Waals surface area (Å²) in [6, 6.07) is 12.5. The second kappa shape index (κ2) is 16.7. The summed E-state index contributed by atoms with van der Waals surface area (Å²) in [7, 11) is 0. The smallest absolute Gasteiger partial charge is 0.269 e. The van der Waals surface area contributed by atoms with Crippen LogP contribution in [0.5, 0.6) is 5.75 Å². The number of hydrogen-bond acceptors (Lipinski definition) is 12. The number of anilines is 2. The van der Waals surface area contributed by atoms with Crippen molar-refractivity contribution in [2.24, 2.45) is 11.7 Å². The Kier molecular flexibility index (Phi) is 11.5. The Hall–Kier alpha value is -4.98. The fourth-order valence-corrected chi connectivity index (χ4v) is 9.86. The number of rotatable bonds is 9. The maximum atomic E-state index is 16.5. The summed E-state index contributed by atoms with van der Waals surface area (Å²) in [4.78, 5) is 62.0. The number of carbonyl (C=O) groups excluding carboxylic acids is 4. The molecule has 1 aliphatic carbocycles. The first kappa shape index (κ1) is 39.8. The Bertz CT molecular complexity index is 2130. The second-order valence-electron chi connectivity index (χ2n) is 15.8. The van der Waals surface area contributed by atoms with Crippen molar-refractivity contribution in [2.75, 3.05) is 55.6 Å². The van der Waals surface area contributed by atoms with Crippen molar-refractivity contribution in [1.82, 2.24) is 24.9 Å². The number of imide groups is 1. The highest BCUT2D eigenvalue weighted by molar-refractivity contribution is 7.80. The topological polar surface area (TPSA) is 169 Å². The predicted molar refractivity (Wildman–Crippen MR) is 216 cm³/mol. The van der Waals surface area contributed by atoms with Crippen LogP contribution < -0.4 is 20.3 Å². The number of thiol groups is 1. The number of halogens is 2. The van der Waals surface area contributed by atoms with Crippen molar-refractivity contribution in [1.29, 1.82) is 5.26 Å². The van der Waals surface area contributed by atoms with Crippen LogP contribution in [-0.2, 0) is 9.59 Å². The van der Waals surface area contributed by atoms with Gasteiger partial charge < -0.3 is 25.2 Å². The number of hydrogen-bond donors (Lipinski definition) is 2. The van der Waals surface area contributed by atoms with Crippen molar-refractivity contribution in [2.45, 2.75) is 74.9 Å². The molecule has 304 valence electrons. The van der Waals surface area contributed by atoms with E-state index in [2.05, 4.69) is 20.0 Å². The summed E-state index contributed by atoms with van der Waals surface area (Å²) in [5, 5.41) is 16.7. The molecule has 58 heavy (non-hydrogen) atoms. The summed E-state index contributed by atoms with van der Waals surface area (Å²) < 4.78 is 22.6. The van der Waals surface area contributed by atoms with Crippen LogP contribution in [0.4, 0.5) is 15.9 Å². The molecule has 0 unspecified atom stereocenters. The van der Waals surface area contributed by atoms with Crippen molar-refractivity contribution in [3.63, 3.8) is 0 Å². The highest BCUT2D eigenvalue weighted by Crippen LogP contribution is 2.44. The van der Waals surface area contributed by atoms with Crippen molar-refractivity contribution in [3.8, 4) is 11.8 Å². The van der Waals surface area contributed by atoms with Gasteiger partial charge in [-0.25, -0.2) is 4.39 Å². The first-order valence-electron chi connectivity index (χ1n) is 19.9. The van der Waals surface area contributed by atoms with E-state index in [-0.39, 0.29) is 42.2 Å². The fraction of sp³-hybridized carbons (Fsp3) is 0.488. The molecule has 2 atom stereocenters. The van der Waals surface area contributed by atoms with Crippen LogP contribution in [0.2, 0.25) is 5.02 Å². The van der Waals surface area contributed by atoms with Crippen LogP contribution in [0, 0.1) is 23.1 Å². The lowest BCUT2D eigenvalue weighted by Gasteiger charge is -2.42. The lowest BCUT2D eigenvalue weighted by atomic mass is 9.89. The molecule has 5 aliphatic rings. The van der Waals surface area contributed by atoms with Gasteiger partial charge in [-0.3, -0.25) is 29.0 Å². The van der Waals surface area contributed by atoms with E-state index in [1.54, 1.807) is 42.5 Å². The Morgan fingerprint density at radius 3 is 2.33 bits per heavy atom. The number of likely N-dealkylation sites (tertiary alicyclic amines) is 1. The van der Waals surface area contributed by atoms with E-state index in [4.69, 9.17) is 40.0 Å². The summed E-state index contributed by atoms with van der Waals surface area (Å²) in [5.74, 6) is -0.720. The largest absolute Gasteiger partial charge is 0.490 e. The summed E-state index contributed by atoms with van der Waals surface area (Å²) in [5.41, 5.74) is 6.52. The molecule has 3 saturated heterocycles. The fourth-order valence-electron chi connectivity index (χ4n) is 9.17. The lowest BCUT2D eigenvalue weighted by Crippen LogP contribution is -2.58. The average molecular weight is 830 g/mol. The van der Waals surface area contributed by atoms with Gasteiger partial charge in [0.1, 0.15) is 23.2 Å². The van der Waals surface area contributed by atoms with E-state index >= 15 is 4.39 Å². The zero-order valence-corrected chi connectivity index (χ0v) is 33.6. The number of aromatic nitrogens is 2. The number of ether oxygens (including phenoxy) is 1. The van der Waals surface area contributed by atoms with Gasteiger partial charge in [0, 0.05) is 69.9 Å². The number of fused-ring (bicyclic) bond motifs is 1. The van der Waals surface area contributed by atoms with Crippen molar-refractivity contribution < 1.29 is 28.3 Å². The molecule has 2 N–H and O–H groups in total. The van der Waals surface area contributed by atoms with E-state index in [9.17, 15) is 19.2 Å². The van der Waals surface area contributed by atoms with Gasteiger partial charge in [-0.05, 0) is 81.2 Å². The molecule has 0 bridgehead atoms. The molecule has 14 nitrogen and oxygen atoms in total. The van der Waals surface area contributed by atoms with Crippen molar-refractivity contribution in [3.05, 3.63) is 75.7 Å². The van der Waals surface area contributed by atoms with Gasteiger partial charge in [0.15, 0.2) is 17.3 Å². The number of benzene rings is 2. The quantitative estimate of drug-likeness (QED) is 0.229. The molecule has 4 aliphatic heterocycles. The maximum absolute atomic E-state index is 16.5. The van der Waals surface area contributed by atoms with Crippen LogP contribution in [0.15, 0.2) is 42.5 Å². The standard InChI is InChI=1S/C41H45ClFN9O5S/c42-30-21-28(4-1-25(30)22-44)57-27-5-2-26(3-6-27)51-35(53)12-10-33(39(51)55)52-40(56)36-29(41(52)58)7-9-32(37(36)43)49-19-17-48(18-20-49)23-24-13-15-50(16-14-24)34-11-8-31(38(45)54)46-47-34/h1,4,7-9,11,21,24,26-27,33,41,58H,2-3,5-6,10,12-20,23H2,(H2,45,54)/t26?,27?,33-,41-/m1/s1. The maximum Gasteiger partial charge on any atom is 0.269 e. The Labute approximate surface area is 346 Å². The van der Waals surface area contributed by atoms with E-state index in [0.717, 1.165) is 51.4 Å². The molecule has 17 heteroatoms. The number of primary amides is 1. The number of nitriles is 1. The zero-order valence-electron chi connectivity index (χ0n) is 31.9. The minimum Gasteiger partial charge on any atom is -0.490 e. The zero-order chi connectivity index (χ0) is 40.7. The third-order valence-electron chi connectivity index (χ3n) is 12.3. The monoisotopic (exact) mass is 829 g/mol. The van der Waals surface area contributed by atoms with E-state index in [0.29, 0.717) is 72.3 Å².